The highest BCUT2D eigenvalue weighted by Crippen LogP contribution is 2.27. The maximum absolute atomic E-state index is 10.8. The monoisotopic (exact) mass is 342 g/mol. The number of rotatable bonds is 4. The third-order valence-electron chi connectivity index (χ3n) is 3.96. The van der Waals surface area contributed by atoms with Gasteiger partial charge in [-0.2, -0.15) is 0 Å². The predicted octanol–water partition coefficient (Wildman–Crippen LogP) is 3.26. The van der Waals surface area contributed by atoms with Crippen molar-refractivity contribution in [2.45, 2.75) is 19.5 Å². The lowest BCUT2D eigenvalue weighted by Crippen LogP contribution is -2.30. The van der Waals surface area contributed by atoms with E-state index in [9.17, 15) is 10.1 Å². The fourth-order valence-corrected chi connectivity index (χ4v) is 3.67. The van der Waals surface area contributed by atoms with Gasteiger partial charge in [-0.1, -0.05) is 11.3 Å². The van der Waals surface area contributed by atoms with E-state index in [1.165, 1.54) is 11.3 Å². The third kappa shape index (κ3) is 2.93. The number of nitrogens with zero attached hydrogens (tertiary/aromatic N) is 4. The molecule has 0 saturated heterocycles. The van der Waals surface area contributed by atoms with Crippen molar-refractivity contribution in [3.05, 3.63) is 63.0 Å². The van der Waals surface area contributed by atoms with Gasteiger partial charge in [0.25, 0.3) is 0 Å². The van der Waals surface area contributed by atoms with Crippen LogP contribution in [-0.4, -0.2) is 26.3 Å². The van der Waals surface area contributed by atoms with Crippen LogP contribution in [0.4, 0.5) is 5.00 Å². The van der Waals surface area contributed by atoms with E-state index in [1.807, 2.05) is 24.4 Å². The van der Waals surface area contributed by atoms with Gasteiger partial charge in [-0.15, -0.1) is 0 Å². The first-order valence-corrected chi connectivity index (χ1v) is 8.35. The fourth-order valence-electron chi connectivity index (χ4n) is 2.80. The Kier molecular flexibility index (Phi) is 3.83. The van der Waals surface area contributed by atoms with Gasteiger partial charge in [-0.25, -0.2) is 9.97 Å². The Morgan fingerprint density at radius 1 is 1.38 bits per heavy atom. The molecule has 4 heterocycles. The Morgan fingerprint density at radius 2 is 2.29 bits per heavy atom. The molecule has 0 unspecified atom stereocenters. The lowest BCUT2D eigenvalue weighted by Gasteiger charge is -2.27. The lowest BCUT2D eigenvalue weighted by atomic mass is 10.1. The van der Waals surface area contributed by atoms with Crippen molar-refractivity contribution in [2.24, 2.45) is 0 Å². The highest BCUT2D eigenvalue weighted by molar-refractivity contribution is 7.15. The number of fused-ring (bicyclic) bond motifs is 1. The van der Waals surface area contributed by atoms with Gasteiger partial charge in [0.15, 0.2) is 11.6 Å². The van der Waals surface area contributed by atoms with Crippen molar-refractivity contribution >= 4 is 16.3 Å². The zero-order valence-corrected chi connectivity index (χ0v) is 13.5. The van der Waals surface area contributed by atoms with Crippen LogP contribution in [0, 0.1) is 10.1 Å². The minimum absolute atomic E-state index is 0.189. The fraction of sp³-hybridized carbons (Fsp3) is 0.250. The van der Waals surface area contributed by atoms with Crippen LogP contribution in [-0.2, 0) is 19.5 Å². The van der Waals surface area contributed by atoms with Crippen molar-refractivity contribution in [3.8, 4) is 11.6 Å². The number of aromatic nitrogens is 2. The zero-order chi connectivity index (χ0) is 16.5. The molecule has 0 fully saturated rings. The predicted molar refractivity (Wildman–Crippen MR) is 88.5 cm³/mol. The molecule has 1 aliphatic heterocycles. The Balaban J connectivity index is 1.48. The molecule has 0 aromatic carbocycles. The first kappa shape index (κ1) is 15.0. The molecule has 122 valence electrons. The standard InChI is InChI=1S/C16H14N4O3S/c21-20(22)15-4-3-12(24-15)10-19-6-5-13-11(9-19)8-17-16(18-13)14-2-1-7-23-14/h1-4,7-8H,5-6,9-10H2. The summed E-state index contributed by atoms with van der Waals surface area (Å²) < 4.78 is 5.34. The highest BCUT2D eigenvalue weighted by Gasteiger charge is 2.20. The maximum Gasteiger partial charge on any atom is 0.324 e. The molecule has 0 saturated carbocycles. The molecule has 4 rings (SSSR count). The molecule has 24 heavy (non-hydrogen) atoms. The molecule has 0 bridgehead atoms. The molecule has 3 aromatic rings. The van der Waals surface area contributed by atoms with E-state index in [-0.39, 0.29) is 9.92 Å². The van der Waals surface area contributed by atoms with Gasteiger partial charge < -0.3 is 4.42 Å². The van der Waals surface area contributed by atoms with E-state index in [2.05, 4.69) is 14.9 Å². The van der Waals surface area contributed by atoms with Gasteiger partial charge in [-0.3, -0.25) is 15.0 Å². The summed E-state index contributed by atoms with van der Waals surface area (Å²) in [5.41, 5.74) is 2.15. The second-order valence-electron chi connectivity index (χ2n) is 5.60. The Morgan fingerprint density at radius 3 is 3.04 bits per heavy atom. The summed E-state index contributed by atoms with van der Waals surface area (Å²) in [6, 6.07) is 7.06. The number of thiophene rings is 1. The first-order valence-electron chi connectivity index (χ1n) is 7.53. The molecule has 0 N–H and O–H groups in total. The van der Waals surface area contributed by atoms with Gasteiger partial charge >= 0.3 is 5.00 Å². The maximum atomic E-state index is 10.8. The second kappa shape index (κ2) is 6.14. The van der Waals surface area contributed by atoms with E-state index in [0.717, 1.165) is 35.6 Å². The van der Waals surface area contributed by atoms with E-state index < -0.39 is 0 Å². The van der Waals surface area contributed by atoms with Crippen molar-refractivity contribution in [1.82, 2.24) is 14.9 Å². The van der Waals surface area contributed by atoms with Gasteiger partial charge in [-0.05, 0) is 18.2 Å². The first-order chi connectivity index (χ1) is 11.7. The largest absolute Gasteiger partial charge is 0.461 e. The molecule has 0 atom stereocenters. The SMILES string of the molecule is O=[N+]([O-])c1ccc(CN2CCc3nc(-c4ccco4)ncc3C2)s1. The van der Waals surface area contributed by atoms with Crippen molar-refractivity contribution in [1.29, 1.82) is 0 Å². The summed E-state index contributed by atoms with van der Waals surface area (Å²) >= 11 is 1.23. The van der Waals surface area contributed by atoms with Crippen molar-refractivity contribution in [2.75, 3.05) is 6.54 Å². The van der Waals surface area contributed by atoms with Crippen LogP contribution in [0.25, 0.3) is 11.6 Å². The molecule has 7 nitrogen and oxygen atoms in total. The quantitative estimate of drug-likeness (QED) is 0.534. The van der Waals surface area contributed by atoms with Crippen LogP contribution in [0.5, 0.6) is 0 Å². The molecular weight excluding hydrogens is 328 g/mol. The van der Waals surface area contributed by atoms with Crippen molar-refractivity contribution in [3.63, 3.8) is 0 Å². The van der Waals surface area contributed by atoms with E-state index in [1.54, 1.807) is 12.3 Å². The van der Waals surface area contributed by atoms with Gasteiger partial charge in [0.1, 0.15) is 0 Å². The summed E-state index contributed by atoms with van der Waals surface area (Å²) in [5.74, 6) is 1.28. The zero-order valence-electron chi connectivity index (χ0n) is 12.7. The van der Waals surface area contributed by atoms with E-state index >= 15 is 0 Å². The molecule has 8 heteroatoms. The number of hydrogen-bond donors (Lipinski definition) is 0. The van der Waals surface area contributed by atoms with Crippen LogP contribution in [0.15, 0.2) is 41.1 Å². The number of hydrogen-bond acceptors (Lipinski definition) is 7. The summed E-state index contributed by atoms with van der Waals surface area (Å²) in [7, 11) is 0. The van der Waals surface area contributed by atoms with Crippen molar-refractivity contribution < 1.29 is 9.34 Å². The van der Waals surface area contributed by atoms with Gasteiger partial charge in [0.2, 0.25) is 0 Å². The van der Waals surface area contributed by atoms with Crippen LogP contribution in [0.1, 0.15) is 16.1 Å². The Bertz CT molecular complexity index is 875. The average molecular weight is 342 g/mol. The normalized spacial score (nSPS) is 14.5. The summed E-state index contributed by atoms with van der Waals surface area (Å²) in [6.45, 7) is 2.32. The lowest BCUT2D eigenvalue weighted by molar-refractivity contribution is -0.380. The molecule has 1 aliphatic rings. The minimum atomic E-state index is -0.344. The van der Waals surface area contributed by atoms with E-state index in [0.29, 0.717) is 18.1 Å². The van der Waals surface area contributed by atoms with E-state index in [4.69, 9.17) is 4.42 Å². The molecular formula is C16H14N4O3S. The van der Waals surface area contributed by atoms with Crippen LogP contribution in [0.2, 0.25) is 0 Å². The van der Waals surface area contributed by atoms with Gasteiger partial charge in [0.05, 0.1) is 16.9 Å². The average Bonchev–Trinajstić information content (AvgIpc) is 3.26. The summed E-state index contributed by atoms with van der Waals surface area (Å²) in [4.78, 5) is 22.7. The molecule has 0 radical (unpaired) electrons. The van der Waals surface area contributed by atoms with Crippen LogP contribution < -0.4 is 0 Å². The number of furan rings is 1. The van der Waals surface area contributed by atoms with Crippen LogP contribution >= 0.6 is 11.3 Å². The Hall–Kier alpha value is -2.58. The molecule has 0 amide bonds. The summed E-state index contributed by atoms with van der Waals surface area (Å²) in [5, 5.41) is 11.0. The third-order valence-corrected chi connectivity index (χ3v) is 4.98. The minimum Gasteiger partial charge on any atom is -0.461 e. The molecule has 0 aliphatic carbocycles. The van der Waals surface area contributed by atoms with Crippen LogP contribution in [0.3, 0.4) is 0 Å². The molecule has 3 aromatic heterocycles. The summed E-state index contributed by atoms with van der Waals surface area (Å²) in [6.07, 6.45) is 4.29. The Labute approximate surface area is 141 Å². The van der Waals surface area contributed by atoms with Gasteiger partial charge in [0, 0.05) is 48.8 Å². The number of nitro groups is 1. The second-order valence-corrected chi connectivity index (χ2v) is 6.75. The topological polar surface area (TPSA) is 85.3 Å². The molecule has 0 spiro atoms. The smallest absolute Gasteiger partial charge is 0.324 e. The highest BCUT2D eigenvalue weighted by atomic mass is 32.1.